The number of esters is 1. The number of hydrogen-bond donors (Lipinski definition) is 1. The Bertz CT molecular complexity index is 310. The monoisotopic (exact) mass is 257 g/mol. The zero-order valence-electron chi connectivity index (χ0n) is 7.87. The quantitative estimate of drug-likeness (QED) is 0.514. The zero-order valence-corrected chi connectivity index (χ0v) is 9.45. The lowest BCUT2D eigenvalue weighted by molar-refractivity contribution is -0.142. The molecule has 0 heterocycles. The summed E-state index contributed by atoms with van der Waals surface area (Å²) in [6, 6.07) is 7.10. The van der Waals surface area contributed by atoms with Gasteiger partial charge in [0.2, 0.25) is 0 Å². The van der Waals surface area contributed by atoms with Gasteiger partial charge < -0.3 is 10.5 Å². The predicted molar refractivity (Wildman–Crippen MR) is 59.2 cm³/mol. The van der Waals surface area contributed by atoms with Crippen LogP contribution in [0.1, 0.15) is 17.3 Å². The van der Waals surface area contributed by atoms with E-state index in [0.29, 0.717) is 12.3 Å². The minimum absolute atomic E-state index is 0.280. The van der Waals surface area contributed by atoms with Crippen molar-refractivity contribution in [2.24, 2.45) is 0 Å². The molecule has 0 spiro atoms. The molecule has 0 saturated heterocycles. The summed E-state index contributed by atoms with van der Waals surface area (Å²) in [5.74, 6) is -0.280. The number of halogens is 1. The van der Waals surface area contributed by atoms with Crippen molar-refractivity contribution in [2.75, 3.05) is 12.3 Å². The van der Waals surface area contributed by atoms with Crippen molar-refractivity contribution in [3.8, 4) is 0 Å². The molecule has 1 rings (SSSR count). The summed E-state index contributed by atoms with van der Waals surface area (Å²) >= 11 is 3.26. The summed E-state index contributed by atoms with van der Waals surface area (Å²) in [6.45, 7) is 2.16. The lowest BCUT2D eigenvalue weighted by Gasteiger charge is -2.08. The Morgan fingerprint density at radius 3 is 2.57 bits per heavy atom. The number of nitrogen functional groups attached to an aromatic ring is 1. The average molecular weight is 258 g/mol. The number of carbonyl (C=O) groups is 1. The van der Waals surface area contributed by atoms with Crippen LogP contribution in [0.15, 0.2) is 24.3 Å². The SMILES string of the molecule is CCOC(=O)C(Br)c1ccc(N)cc1. The molecular formula is C10H12BrNO2. The van der Waals surface area contributed by atoms with E-state index < -0.39 is 4.83 Å². The zero-order chi connectivity index (χ0) is 10.6. The van der Waals surface area contributed by atoms with Crippen molar-refractivity contribution in [2.45, 2.75) is 11.8 Å². The maximum Gasteiger partial charge on any atom is 0.324 e. The van der Waals surface area contributed by atoms with Gasteiger partial charge in [-0.2, -0.15) is 0 Å². The number of anilines is 1. The van der Waals surface area contributed by atoms with Crippen molar-refractivity contribution in [3.63, 3.8) is 0 Å². The Hall–Kier alpha value is -1.03. The number of rotatable bonds is 3. The summed E-state index contributed by atoms with van der Waals surface area (Å²) in [7, 11) is 0. The third-order valence-electron chi connectivity index (χ3n) is 1.72. The maximum atomic E-state index is 11.3. The number of benzene rings is 1. The third-order valence-corrected chi connectivity index (χ3v) is 2.63. The van der Waals surface area contributed by atoms with E-state index in [2.05, 4.69) is 15.9 Å². The second kappa shape index (κ2) is 5.00. The Morgan fingerprint density at radius 2 is 2.07 bits per heavy atom. The molecule has 1 atom stereocenters. The molecule has 1 aromatic rings. The normalized spacial score (nSPS) is 12.1. The molecule has 2 N–H and O–H groups in total. The van der Waals surface area contributed by atoms with Crippen LogP contribution in [0.3, 0.4) is 0 Å². The van der Waals surface area contributed by atoms with Gasteiger partial charge in [-0.05, 0) is 24.6 Å². The van der Waals surface area contributed by atoms with E-state index in [4.69, 9.17) is 10.5 Å². The molecule has 14 heavy (non-hydrogen) atoms. The van der Waals surface area contributed by atoms with E-state index in [1.54, 1.807) is 31.2 Å². The highest BCUT2D eigenvalue weighted by molar-refractivity contribution is 9.09. The van der Waals surface area contributed by atoms with Crippen molar-refractivity contribution in [1.29, 1.82) is 0 Å². The molecule has 1 aromatic carbocycles. The van der Waals surface area contributed by atoms with E-state index in [0.717, 1.165) is 5.56 Å². The van der Waals surface area contributed by atoms with Gasteiger partial charge in [-0.25, -0.2) is 0 Å². The van der Waals surface area contributed by atoms with Crippen LogP contribution in [-0.4, -0.2) is 12.6 Å². The predicted octanol–water partition coefficient (Wildman–Crippen LogP) is 2.27. The molecule has 1 unspecified atom stereocenters. The molecule has 0 radical (unpaired) electrons. The van der Waals surface area contributed by atoms with Gasteiger partial charge in [0.1, 0.15) is 4.83 Å². The van der Waals surface area contributed by atoms with Crippen molar-refractivity contribution in [1.82, 2.24) is 0 Å². The van der Waals surface area contributed by atoms with Gasteiger partial charge in [0.05, 0.1) is 6.61 Å². The van der Waals surface area contributed by atoms with Crippen LogP contribution in [0.2, 0.25) is 0 Å². The number of ether oxygens (including phenoxy) is 1. The molecule has 0 aliphatic carbocycles. The molecule has 0 amide bonds. The van der Waals surface area contributed by atoms with E-state index in [9.17, 15) is 4.79 Å². The first kappa shape index (κ1) is 11.0. The average Bonchev–Trinajstić information content (AvgIpc) is 2.18. The highest BCUT2D eigenvalue weighted by Crippen LogP contribution is 2.24. The van der Waals surface area contributed by atoms with Crippen LogP contribution in [-0.2, 0) is 9.53 Å². The molecular weight excluding hydrogens is 246 g/mol. The highest BCUT2D eigenvalue weighted by atomic mass is 79.9. The number of hydrogen-bond acceptors (Lipinski definition) is 3. The highest BCUT2D eigenvalue weighted by Gasteiger charge is 2.17. The third kappa shape index (κ3) is 2.73. The molecule has 0 aliphatic heterocycles. The number of nitrogens with two attached hydrogens (primary N) is 1. The van der Waals surface area contributed by atoms with E-state index in [-0.39, 0.29) is 5.97 Å². The molecule has 3 nitrogen and oxygen atoms in total. The van der Waals surface area contributed by atoms with Gasteiger partial charge >= 0.3 is 5.97 Å². The molecule has 4 heteroatoms. The van der Waals surface area contributed by atoms with E-state index >= 15 is 0 Å². The first-order chi connectivity index (χ1) is 6.65. The van der Waals surface area contributed by atoms with Crippen LogP contribution >= 0.6 is 15.9 Å². The lowest BCUT2D eigenvalue weighted by atomic mass is 10.1. The number of carbonyl (C=O) groups excluding carboxylic acids is 1. The standard InChI is InChI=1S/C10H12BrNO2/c1-2-14-10(13)9(11)7-3-5-8(12)6-4-7/h3-6,9H,2,12H2,1H3. The Labute approximate surface area is 91.4 Å². The van der Waals surface area contributed by atoms with Crippen LogP contribution in [0.25, 0.3) is 0 Å². The van der Waals surface area contributed by atoms with Crippen molar-refractivity contribution >= 4 is 27.6 Å². The molecule has 0 aliphatic rings. The van der Waals surface area contributed by atoms with Crippen molar-refractivity contribution in [3.05, 3.63) is 29.8 Å². The van der Waals surface area contributed by atoms with Crippen LogP contribution in [0.4, 0.5) is 5.69 Å². The number of alkyl halides is 1. The summed E-state index contributed by atoms with van der Waals surface area (Å²) in [6.07, 6.45) is 0. The first-order valence-electron chi connectivity index (χ1n) is 4.31. The summed E-state index contributed by atoms with van der Waals surface area (Å²) < 4.78 is 4.87. The van der Waals surface area contributed by atoms with Gasteiger partial charge in [0.25, 0.3) is 0 Å². The van der Waals surface area contributed by atoms with Gasteiger partial charge in [-0.15, -0.1) is 0 Å². The fraction of sp³-hybridized carbons (Fsp3) is 0.300. The van der Waals surface area contributed by atoms with Crippen LogP contribution in [0.5, 0.6) is 0 Å². The largest absolute Gasteiger partial charge is 0.465 e. The summed E-state index contributed by atoms with van der Waals surface area (Å²) in [5, 5.41) is 0. The summed E-state index contributed by atoms with van der Waals surface area (Å²) in [5.41, 5.74) is 7.05. The molecule has 0 saturated carbocycles. The Balaban J connectivity index is 2.73. The smallest absolute Gasteiger partial charge is 0.324 e. The second-order valence-corrected chi connectivity index (χ2v) is 3.70. The van der Waals surface area contributed by atoms with Crippen LogP contribution < -0.4 is 5.73 Å². The second-order valence-electron chi connectivity index (χ2n) is 2.78. The van der Waals surface area contributed by atoms with Crippen LogP contribution in [0, 0.1) is 0 Å². The minimum Gasteiger partial charge on any atom is -0.465 e. The van der Waals surface area contributed by atoms with Gasteiger partial charge in [-0.3, -0.25) is 4.79 Å². The minimum atomic E-state index is -0.414. The Morgan fingerprint density at radius 1 is 1.50 bits per heavy atom. The summed E-state index contributed by atoms with van der Waals surface area (Å²) in [4.78, 5) is 10.9. The van der Waals surface area contributed by atoms with Gasteiger partial charge in [0.15, 0.2) is 0 Å². The fourth-order valence-electron chi connectivity index (χ4n) is 1.02. The molecule has 0 aromatic heterocycles. The molecule has 76 valence electrons. The van der Waals surface area contributed by atoms with Gasteiger partial charge in [0, 0.05) is 5.69 Å². The fourth-order valence-corrected chi connectivity index (χ4v) is 1.45. The van der Waals surface area contributed by atoms with Crippen molar-refractivity contribution < 1.29 is 9.53 Å². The molecule has 0 fully saturated rings. The van der Waals surface area contributed by atoms with E-state index in [1.807, 2.05) is 0 Å². The maximum absolute atomic E-state index is 11.3. The Kier molecular flexibility index (Phi) is 3.95. The lowest BCUT2D eigenvalue weighted by Crippen LogP contribution is -2.10. The first-order valence-corrected chi connectivity index (χ1v) is 5.23. The van der Waals surface area contributed by atoms with Gasteiger partial charge in [-0.1, -0.05) is 28.1 Å². The molecule has 0 bridgehead atoms. The topological polar surface area (TPSA) is 52.3 Å². The van der Waals surface area contributed by atoms with E-state index in [1.165, 1.54) is 0 Å².